The fraction of sp³-hybridized carbons (Fsp3) is 0.257. The lowest BCUT2D eigenvalue weighted by Gasteiger charge is -2.34. The molecule has 3 N–H and O–H groups in total. The Labute approximate surface area is 245 Å². The lowest BCUT2D eigenvalue weighted by molar-refractivity contribution is -0.131. The average Bonchev–Trinajstić information content (AvgIpc) is 3.02. The van der Waals surface area contributed by atoms with Gasteiger partial charge in [-0.2, -0.15) is 0 Å². The van der Waals surface area contributed by atoms with Crippen LogP contribution in [-0.4, -0.2) is 58.9 Å². The summed E-state index contributed by atoms with van der Waals surface area (Å²) in [5.74, 6) is -0.571. The highest BCUT2D eigenvalue weighted by Crippen LogP contribution is 2.31. The summed E-state index contributed by atoms with van der Waals surface area (Å²) >= 11 is 0. The predicted octanol–water partition coefficient (Wildman–Crippen LogP) is 5.94. The molecule has 0 radical (unpaired) electrons. The van der Waals surface area contributed by atoms with Crippen LogP contribution < -0.4 is 10.1 Å². The number of carboxylic acid groups (broad SMARTS) is 1. The van der Waals surface area contributed by atoms with Crippen LogP contribution >= 0.6 is 0 Å². The number of β-amino-alcohol motifs (C(OH)–C–C–N with tert-alkyl or cyclic N) is 1. The number of benzene rings is 4. The summed E-state index contributed by atoms with van der Waals surface area (Å²) < 4.78 is 5.33. The standard InChI is InChI=1S/C35H35N3O4/c1-42-33-14-13-29-23(11-15-34(40)41)10-12-31(35(29)37-33)32(39)22-38-18-16-26(17-19-38)36-21-25-20-24-6-2-3-7-27(24)30-9-5-4-8-28(25)30/h2-15,20,26,32,36,39H,16-19,21-22H2,1H3,(H,40,41)/b15-11+. The maximum absolute atomic E-state index is 11.3. The number of hydrogen-bond donors (Lipinski definition) is 3. The number of pyridine rings is 1. The maximum atomic E-state index is 11.3. The molecule has 1 fully saturated rings. The summed E-state index contributed by atoms with van der Waals surface area (Å²) in [7, 11) is 1.55. The SMILES string of the molecule is COc1ccc2c(/C=C/C(=O)O)ccc(C(O)CN3CCC(NCc4cc5ccccc5c5ccccc45)CC3)c2n1. The van der Waals surface area contributed by atoms with Crippen molar-refractivity contribution < 1.29 is 19.7 Å². The summed E-state index contributed by atoms with van der Waals surface area (Å²) in [6, 6.07) is 27.2. The van der Waals surface area contributed by atoms with Gasteiger partial charge in [0.05, 0.1) is 18.7 Å². The van der Waals surface area contributed by atoms with Crippen molar-refractivity contribution in [1.82, 2.24) is 15.2 Å². The van der Waals surface area contributed by atoms with E-state index in [2.05, 4.69) is 69.8 Å². The van der Waals surface area contributed by atoms with Crippen LogP contribution in [-0.2, 0) is 11.3 Å². The van der Waals surface area contributed by atoms with Crippen LogP contribution in [0.1, 0.15) is 35.6 Å². The molecule has 1 aromatic heterocycles. The largest absolute Gasteiger partial charge is 0.481 e. The number of aliphatic carboxylic acids is 1. The van der Waals surface area contributed by atoms with E-state index in [0.717, 1.165) is 49.5 Å². The smallest absolute Gasteiger partial charge is 0.328 e. The molecule has 0 spiro atoms. The number of carbonyl (C=O) groups is 1. The number of hydrogen-bond acceptors (Lipinski definition) is 6. The molecule has 4 aromatic carbocycles. The molecule has 7 nitrogen and oxygen atoms in total. The zero-order valence-electron chi connectivity index (χ0n) is 23.7. The van der Waals surface area contributed by atoms with Crippen molar-refractivity contribution in [3.63, 3.8) is 0 Å². The number of rotatable bonds is 9. The number of aromatic nitrogens is 1. The van der Waals surface area contributed by atoms with Gasteiger partial charge in [0.25, 0.3) is 0 Å². The molecule has 1 atom stereocenters. The van der Waals surface area contributed by atoms with Gasteiger partial charge in [-0.1, -0.05) is 60.7 Å². The Morgan fingerprint density at radius 2 is 1.74 bits per heavy atom. The second kappa shape index (κ2) is 12.3. The van der Waals surface area contributed by atoms with Crippen molar-refractivity contribution >= 4 is 44.5 Å². The van der Waals surface area contributed by atoms with Crippen LogP contribution in [0.4, 0.5) is 0 Å². The van der Waals surface area contributed by atoms with Gasteiger partial charge in [-0.05, 0) is 76.8 Å². The summed E-state index contributed by atoms with van der Waals surface area (Å²) in [6.07, 6.45) is 3.93. The van der Waals surface area contributed by atoms with Crippen molar-refractivity contribution in [1.29, 1.82) is 0 Å². The first-order valence-electron chi connectivity index (χ1n) is 14.4. The van der Waals surface area contributed by atoms with Crippen LogP contribution in [0.5, 0.6) is 5.88 Å². The van der Waals surface area contributed by atoms with Crippen LogP contribution in [0.3, 0.4) is 0 Å². The van der Waals surface area contributed by atoms with Gasteiger partial charge in [0.1, 0.15) is 0 Å². The number of methoxy groups -OCH3 is 1. The third kappa shape index (κ3) is 5.85. The molecule has 0 bridgehead atoms. The van der Waals surface area contributed by atoms with Gasteiger partial charge in [-0.25, -0.2) is 9.78 Å². The van der Waals surface area contributed by atoms with Crippen molar-refractivity contribution in [2.45, 2.75) is 31.5 Å². The second-order valence-electron chi connectivity index (χ2n) is 10.9. The lowest BCUT2D eigenvalue weighted by atomic mass is 9.96. The molecule has 42 heavy (non-hydrogen) atoms. The summed E-state index contributed by atoms with van der Waals surface area (Å²) in [4.78, 5) is 18.0. The molecule has 7 heteroatoms. The van der Waals surface area contributed by atoms with Crippen molar-refractivity contribution in [2.24, 2.45) is 0 Å². The van der Waals surface area contributed by atoms with Gasteiger partial charge in [0.2, 0.25) is 5.88 Å². The Bertz CT molecular complexity index is 1780. The minimum atomic E-state index is -1.02. The minimum absolute atomic E-state index is 0.413. The number of nitrogens with zero attached hydrogens (tertiary/aromatic N) is 2. The number of aliphatic hydroxyl groups excluding tert-OH is 1. The first-order chi connectivity index (χ1) is 20.5. The van der Waals surface area contributed by atoms with Gasteiger partial charge in [-0.3, -0.25) is 0 Å². The highest BCUT2D eigenvalue weighted by molar-refractivity contribution is 6.08. The predicted molar refractivity (Wildman–Crippen MR) is 168 cm³/mol. The van der Waals surface area contributed by atoms with E-state index in [-0.39, 0.29) is 0 Å². The normalized spacial score (nSPS) is 15.6. The van der Waals surface area contributed by atoms with Gasteiger partial charge in [-0.15, -0.1) is 0 Å². The molecule has 1 aliphatic heterocycles. The lowest BCUT2D eigenvalue weighted by Crippen LogP contribution is -2.43. The molecule has 6 rings (SSSR count). The highest BCUT2D eigenvalue weighted by Gasteiger charge is 2.23. The molecule has 1 unspecified atom stereocenters. The van der Waals surface area contributed by atoms with E-state index in [1.165, 1.54) is 27.1 Å². The number of nitrogens with one attached hydrogen (secondary N) is 1. The van der Waals surface area contributed by atoms with E-state index in [1.807, 2.05) is 18.2 Å². The number of piperidine rings is 1. The zero-order valence-corrected chi connectivity index (χ0v) is 23.7. The molecular formula is C35H35N3O4. The van der Waals surface area contributed by atoms with E-state index < -0.39 is 12.1 Å². The second-order valence-corrected chi connectivity index (χ2v) is 10.9. The Kier molecular flexibility index (Phi) is 8.15. The van der Waals surface area contributed by atoms with Crippen molar-refractivity contribution in [3.05, 3.63) is 102 Å². The molecule has 1 saturated heterocycles. The van der Waals surface area contributed by atoms with Crippen LogP contribution in [0, 0.1) is 0 Å². The molecule has 0 saturated carbocycles. The van der Waals surface area contributed by atoms with Crippen molar-refractivity contribution in [2.75, 3.05) is 26.7 Å². The molecule has 5 aromatic rings. The fourth-order valence-corrected chi connectivity index (χ4v) is 6.13. The van der Waals surface area contributed by atoms with Crippen LogP contribution in [0.25, 0.3) is 38.5 Å². The highest BCUT2D eigenvalue weighted by atomic mass is 16.5. The van der Waals surface area contributed by atoms with E-state index in [0.29, 0.717) is 29.5 Å². The zero-order chi connectivity index (χ0) is 29.1. The number of likely N-dealkylation sites (tertiary alicyclic amines) is 1. The van der Waals surface area contributed by atoms with Gasteiger partial charge >= 0.3 is 5.97 Å². The number of fused-ring (bicyclic) bond motifs is 4. The fourth-order valence-electron chi connectivity index (χ4n) is 6.13. The Morgan fingerprint density at radius 3 is 2.50 bits per heavy atom. The van der Waals surface area contributed by atoms with E-state index in [9.17, 15) is 9.90 Å². The molecule has 1 aliphatic rings. The first-order valence-corrected chi connectivity index (χ1v) is 14.4. The molecule has 214 valence electrons. The van der Waals surface area contributed by atoms with Crippen molar-refractivity contribution in [3.8, 4) is 5.88 Å². The Balaban J connectivity index is 1.11. The van der Waals surface area contributed by atoms with Gasteiger partial charge < -0.3 is 25.2 Å². The minimum Gasteiger partial charge on any atom is -0.481 e. The number of carboxylic acids is 1. The Morgan fingerprint density at radius 1 is 1.00 bits per heavy atom. The summed E-state index contributed by atoms with van der Waals surface area (Å²) in [5, 5.41) is 30.1. The third-order valence-electron chi connectivity index (χ3n) is 8.32. The quantitative estimate of drug-likeness (QED) is 0.152. The maximum Gasteiger partial charge on any atom is 0.328 e. The van der Waals surface area contributed by atoms with E-state index >= 15 is 0 Å². The first kappa shape index (κ1) is 27.8. The summed E-state index contributed by atoms with van der Waals surface area (Å²) in [6.45, 7) is 3.10. The van der Waals surface area contributed by atoms with E-state index in [1.54, 1.807) is 19.3 Å². The van der Waals surface area contributed by atoms with Crippen LogP contribution in [0.15, 0.2) is 84.9 Å². The average molecular weight is 562 g/mol. The van der Waals surface area contributed by atoms with Crippen LogP contribution in [0.2, 0.25) is 0 Å². The number of ether oxygens (including phenoxy) is 1. The van der Waals surface area contributed by atoms with E-state index in [4.69, 9.17) is 9.84 Å². The molecular weight excluding hydrogens is 526 g/mol. The molecule has 0 aliphatic carbocycles. The monoisotopic (exact) mass is 561 g/mol. The third-order valence-corrected chi connectivity index (χ3v) is 8.32. The molecule has 2 heterocycles. The topological polar surface area (TPSA) is 94.9 Å². The van der Waals surface area contributed by atoms with Gasteiger partial charge in [0.15, 0.2) is 0 Å². The number of aliphatic hydroxyl groups is 1. The Hall–Kier alpha value is -4.30. The van der Waals surface area contributed by atoms with Gasteiger partial charge in [0, 0.05) is 42.2 Å². The molecule has 0 amide bonds. The summed E-state index contributed by atoms with van der Waals surface area (Å²) in [5.41, 5.74) is 3.37.